The summed E-state index contributed by atoms with van der Waals surface area (Å²) in [5.74, 6) is 1.52. The first kappa shape index (κ1) is 12.1. The number of hydrogen-bond acceptors (Lipinski definition) is 3. The molecule has 19 heavy (non-hydrogen) atoms. The Bertz CT molecular complexity index is 599. The van der Waals surface area contributed by atoms with Crippen molar-refractivity contribution in [1.82, 2.24) is 14.8 Å². The summed E-state index contributed by atoms with van der Waals surface area (Å²) in [6.07, 6.45) is 4.75. The van der Waals surface area contributed by atoms with Gasteiger partial charge in [0.2, 0.25) is 0 Å². The van der Waals surface area contributed by atoms with E-state index in [4.69, 9.17) is 5.73 Å². The Labute approximate surface area is 111 Å². The number of nitrogen functional groups attached to an aromatic ring is 1. The summed E-state index contributed by atoms with van der Waals surface area (Å²) in [7, 11) is 1.82. The van der Waals surface area contributed by atoms with Gasteiger partial charge in [-0.25, -0.2) is 14.1 Å². The Kier molecular flexibility index (Phi) is 2.97. The zero-order chi connectivity index (χ0) is 13.4. The van der Waals surface area contributed by atoms with Crippen molar-refractivity contribution in [2.45, 2.75) is 31.6 Å². The lowest BCUT2D eigenvalue weighted by Gasteiger charge is -2.04. The molecule has 100 valence electrons. The molecule has 1 saturated carbocycles. The quantitative estimate of drug-likeness (QED) is 0.845. The first-order valence-electron chi connectivity index (χ1n) is 6.62. The first-order chi connectivity index (χ1) is 9.16. The van der Waals surface area contributed by atoms with Crippen molar-refractivity contribution < 1.29 is 4.39 Å². The summed E-state index contributed by atoms with van der Waals surface area (Å²) in [5.41, 5.74) is 6.54. The van der Waals surface area contributed by atoms with Crippen LogP contribution >= 0.6 is 0 Å². The van der Waals surface area contributed by atoms with Gasteiger partial charge in [0.05, 0.1) is 5.69 Å². The van der Waals surface area contributed by atoms with Crippen molar-refractivity contribution in [3.63, 3.8) is 0 Å². The largest absolute Gasteiger partial charge is 0.396 e. The third-order valence-electron chi connectivity index (χ3n) is 3.79. The van der Waals surface area contributed by atoms with E-state index < -0.39 is 5.82 Å². The van der Waals surface area contributed by atoms with Crippen LogP contribution in [-0.4, -0.2) is 14.8 Å². The minimum Gasteiger partial charge on any atom is -0.396 e. The van der Waals surface area contributed by atoms with E-state index in [1.54, 1.807) is 16.8 Å². The minimum atomic E-state index is -0.414. The van der Waals surface area contributed by atoms with Gasteiger partial charge in [-0.2, -0.15) is 5.10 Å². The van der Waals surface area contributed by atoms with Crippen LogP contribution in [0.2, 0.25) is 0 Å². The van der Waals surface area contributed by atoms with E-state index in [-0.39, 0.29) is 5.69 Å². The second kappa shape index (κ2) is 4.64. The van der Waals surface area contributed by atoms with Gasteiger partial charge in [-0.15, -0.1) is 0 Å². The summed E-state index contributed by atoms with van der Waals surface area (Å²) < 4.78 is 15.2. The molecular weight excluding hydrogens is 243 g/mol. The molecule has 1 aliphatic rings. The predicted molar refractivity (Wildman–Crippen MR) is 72.0 cm³/mol. The summed E-state index contributed by atoms with van der Waals surface area (Å²) >= 11 is 0. The van der Waals surface area contributed by atoms with Crippen molar-refractivity contribution in [2.24, 2.45) is 7.05 Å². The minimum absolute atomic E-state index is 0.135. The molecule has 1 fully saturated rings. The fourth-order valence-electron chi connectivity index (χ4n) is 2.73. The second-order valence-electron chi connectivity index (χ2n) is 5.10. The standard InChI is InChI=1S/C14H17FN4/c1-19-14(10-7-4-8-11(15)12(10)16)17-13(18-19)9-5-2-3-6-9/h4,7-9H,2-3,5-6,16H2,1H3. The molecule has 5 heteroatoms. The van der Waals surface area contributed by atoms with Gasteiger partial charge in [-0.05, 0) is 25.0 Å². The van der Waals surface area contributed by atoms with E-state index in [9.17, 15) is 4.39 Å². The molecule has 1 aromatic heterocycles. The van der Waals surface area contributed by atoms with Crippen LogP contribution in [0.4, 0.5) is 10.1 Å². The van der Waals surface area contributed by atoms with Gasteiger partial charge in [-0.3, -0.25) is 0 Å². The van der Waals surface area contributed by atoms with Crippen LogP contribution in [0.5, 0.6) is 0 Å². The monoisotopic (exact) mass is 260 g/mol. The van der Waals surface area contributed by atoms with Crippen molar-refractivity contribution in [3.8, 4) is 11.4 Å². The fourth-order valence-corrected chi connectivity index (χ4v) is 2.73. The number of hydrogen-bond donors (Lipinski definition) is 1. The zero-order valence-corrected chi connectivity index (χ0v) is 10.9. The molecular formula is C14H17FN4. The number of benzene rings is 1. The molecule has 4 nitrogen and oxygen atoms in total. The SMILES string of the molecule is Cn1nc(C2CCCC2)nc1-c1cccc(F)c1N. The molecule has 0 bridgehead atoms. The Morgan fingerprint density at radius 1 is 1.32 bits per heavy atom. The number of anilines is 1. The molecule has 0 atom stereocenters. The third-order valence-corrected chi connectivity index (χ3v) is 3.79. The molecule has 0 radical (unpaired) electrons. The average Bonchev–Trinajstić information content (AvgIpc) is 3.02. The predicted octanol–water partition coefficient (Wildman–Crippen LogP) is 2.86. The Hall–Kier alpha value is -1.91. The highest BCUT2D eigenvalue weighted by molar-refractivity contribution is 5.71. The molecule has 0 saturated heterocycles. The molecule has 0 spiro atoms. The van der Waals surface area contributed by atoms with Gasteiger partial charge in [-0.1, -0.05) is 18.9 Å². The molecule has 1 heterocycles. The number of para-hydroxylation sites is 1. The third kappa shape index (κ3) is 2.09. The van der Waals surface area contributed by atoms with Crippen LogP contribution in [0, 0.1) is 5.82 Å². The Morgan fingerprint density at radius 3 is 2.79 bits per heavy atom. The van der Waals surface area contributed by atoms with Gasteiger partial charge < -0.3 is 5.73 Å². The van der Waals surface area contributed by atoms with Gasteiger partial charge in [0.15, 0.2) is 11.6 Å². The summed E-state index contributed by atoms with van der Waals surface area (Å²) in [6, 6.07) is 4.78. The lowest BCUT2D eigenvalue weighted by atomic mass is 10.1. The number of aromatic nitrogens is 3. The maximum absolute atomic E-state index is 13.5. The highest BCUT2D eigenvalue weighted by atomic mass is 19.1. The van der Waals surface area contributed by atoms with Gasteiger partial charge in [0, 0.05) is 18.5 Å². The van der Waals surface area contributed by atoms with Crippen molar-refractivity contribution in [1.29, 1.82) is 0 Å². The fraction of sp³-hybridized carbons (Fsp3) is 0.429. The van der Waals surface area contributed by atoms with E-state index in [1.165, 1.54) is 18.9 Å². The summed E-state index contributed by atoms with van der Waals surface area (Å²) in [6.45, 7) is 0. The highest BCUT2D eigenvalue weighted by Crippen LogP contribution is 2.34. The lowest BCUT2D eigenvalue weighted by molar-refractivity contribution is 0.632. The number of halogens is 1. The maximum Gasteiger partial charge on any atom is 0.160 e. The molecule has 2 aromatic rings. The van der Waals surface area contributed by atoms with E-state index in [0.717, 1.165) is 18.7 Å². The van der Waals surface area contributed by atoms with Gasteiger partial charge in [0.25, 0.3) is 0 Å². The highest BCUT2D eigenvalue weighted by Gasteiger charge is 2.23. The summed E-state index contributed by atoms with van der Waals surface area (Å²) in [5, 5.41) is 4.47. The number of aryl methyl sites for hydroxylation is 1. The normalized spacial score (nSPS) is 16.1. The maximum atomic E-state index is 13.5. The smallest absolute Gasteiger partial charge is 0.160 e. The Balaban J connectivity index is 2.03. The van der Waals surface area contributed by atoms with E-state index in [0.29, 0.717) is 17.3 Å². The molecule has 2 N–H and O–H groups in total. The van der Waals surface area contributed by atoms with Crippen LogP contribution in [-0.2, 0) is 7.05 Å². The number of rotatable bonds is 2. The Morgan fingerprint density at radius 2 is 2.05 bits per heavy atom. The van der Waals surface area contributed by atoms with E-state index in [2.05, 4.69) is 10.1 Å². The molecule has 1 aromatic carbocycles. The van der Waals surface area contributed by atoms with E-state index >= 15 is 0 Å². The lowest BCUT2D eigenvalue weighted by Crippen LogP contribution is -2.00. The topological polar surface area (TPSA) is 56.7 Å². The van der Waals surface area contributed by atoms with Crippen LogP contribution in [0.15, 0.2) is 18.2 Å². The molecule has 0 amide bonds. The van der Waals surface area contributed by atoms with Crippen molar-refractivity contribution >= 4 is 5.69 Å². The molecule has 3 rings (SSSR count). The van der Waals surface area contributed by atoms with Gasteiger partial charge >= 0.3 is 0 Å². The van der Waals surface area contributed by atoms with Crippen molar-refractivity contribution in [3.05, 3.63) is 29.8 Å². The molecule has 0 unspecified atom stereocenters. The average molecular weight is 260 g/mol. The van der Waals surface area contributed by atoms with Gasteiger partial charge in [0.1, 0.15) is 5.82 Å². The van der Waals surface area contributed by atoms with Crippen LogP contribution < -0.4 is 5.73 Å². The number of nitrogens with zero attached hydrogens (tertiary/aromatic N) is 3. The van der Waals surface area contributed by atoms with Crippen LogP contribution in [0.25, 0.3) is 11.4 Å². The van der Waals surface area contributed by atoms with Crippen LogP contribution in [0.3, 0.4) is 0 Å². The van der Waals surface area contributed by atoms with Crippen molar-refractivity contribution in [2.75, 3.05) is 5.73 Å². The second-order valence-corrected chi connectivity index (χ2v) is 5.10. The first-order valence-corrected chi connectivity index (χ1v) is 6.62. The number of nitrogens with two attached hydrogens (primary N) is 1. The molecule has 0 aliphatic heterocycles. The summed E-state index contributed by atoms with van der Waals surface area (Å²) in [4.78, 5) is 4.57. The molecule has 1 aliphatic carbocycles. The van der Waals surface area contributed by atoms with E-state index in [1.807, 2.05) is 7.05 Å². The zero-order valence-electron chi connectivity index (χ0n) is 10.9. The van der Waals surface area contributed by atoms with Crippen LogP contribution in [0.1, 0.15) is 37.4 Å².